The zero-order chi connectivity index (χ0) is 14.5. The predicted molar refractivity (Wildman–Crippen MR) is 76.1 cm³/mol. The fourth-order valence-electron chi connectivity index (χ4n) is 1.88. The summed E-state index contributed by atoms with van der Waals surface area (Å²) in [6.45, 7) is 1.73. The number of nitrogens with zero attached hydrogens (tertiary/aromatic N) is 1. The number of rotatable bonds is 4. The van der Waals surface area contributed by atoms with Crippen molar-refractivity contribution in [2.45, 2.75) is 13.0 Å². The van der Waals surface area contributed by atoms with E-state index >= 15 is 0 Å². The van der Waals surface area contributed by atoms with Gasteiger partial charge in [-0.15, -0.1) is 0 Å². The lowest BCUT2D eigenvalue weighted by Crippen LogP contribution is -2.28. The molecule has 1 amide bonds. The normalized spacial score (nSPS) is 11.8. The van der Waals surface area contributed by atoms with Crippen LogP contribution in [0.25, 0.3) is 0 Å². The average molecular weight is 273 g/mol. The second kappa shape index (κ2) is 6.14. The van der Waals surface area contributed by atoms with E-state index in [2.05, 4.69) is 15.6 Å². The number of anilines is 1. The smallest absolute Gasteiger partial charge is 0.270 e. The third kappa shape index (κ3) is 3.12. The summed E-state index contributed by atoms with van der Waals surface area (Å²) in [5.41, 5.74) is 1.54. The lowest BCUT2D eigenvalue weighted by atomic mass is 10.1. The van der Waals surface area contributed by atoms with Gasteiger partial charge in [-0.05, 0) is 25.1 Å². The Balaban J connectivity index is 2.13. The first-order chi connectivity index (χ1) is 9.61. The zero-order valence-electron chi connectivity index (χ0n) is 11.4. The summed E-state index contributed by atoms with van der Waals surface area (Å²) >= 11 is 0. The van der Waals surface area contributed by atoms with Crippen molar-refractivity contribution in [1.82, 2.24) is 10.3 Å². The minimum absolute atomic E-state index is 0.292. The van der Waals surface area contributed by atoms with Crippen LogP contribution < -0.4 is 10.6 Å². The molecule has 0 aliphatic rings. The van der Waals surface area contributed by atoms with Gasteiger partial charge in [0.2, 0.25) is 0 Å². The van der Waals surface area contributed by atoms with Crippen LogP contribution in [0.15, 0.2) is 42.6 Å². The highest BCUT2D eigenvalue weighted by atomic mass is 19.1. The maximum Gasteiger partial charge on any atom is 0.270 e. The number of amides is 1. The molecule has 0 bridgehead atoms. The topological polar surface area (TPSA) is 54.0 Å². The Morgan fingerprint density at radius 1 is 1.30 bits per heavy atom. The van der Waals surface area contributed by atoms with Gasteiger partial charge in [0.05, 0.1) is 6.04 Å². The van der Waals surface area contributed by atoms with Crippen LogP contribution in [0.5, 0.6) is 0 Å². The Labute approximate surface area is 117 Å². The van der Waals surface area contributed by atoms with E-state index < -0.39 is 6.04 Å². The minimum Gasteiger partial charge on any atom is -0.388 e. The van der Waals surface area contributed by atoms with Gasteiger partial charge in [0.1, 0.15) is 11.5 Å². The molecule has 1 unspecified atom stereocenters. The lowest BCUT2D eigenvalue weighted by Gasteiger charge is -2.15. The van der Waals surface area contributed by atoms with Crippen molar-refractivity contribution in [2.75, 3.05) is 12.4 Å². The van der Waals surface area contributed by atoms with Gasteiger partial charge < -0.3 is 10.6 Å². The number of benzene rings is 1. The van der Waals surface area contributed by atoms with Crippen LogP contribution in [0.1, 0.15) is 29.0 Å². The van der Waals surface area contributed by atoms with E-state index in [0.29, 0.717) is 11.3 Å². The van der Waals surface area contributed by atoms with Crippen LogP contribution in [-0.2, 0) is 0 Å². The van der Waals surface area contributed by atoms with Gasteiger partial charge in [-0.3, -0.25) is 9.78 Å². The van der Waals surface area contributed by atoms with Gasteiger partial charge in [-0.1, -0.05) is 18.2 Å². The number of pyridine rings is 1. The monoisotopic (exact) mass is 273 g/mol. The molecule has 1 heterocycles. The van der Waals surface area contributed by atoms with E-state index in [0.717, 1.165) is 5.69 Å². The fourth-order valence-corrected chi connectivity index (χ4v) is 1.88. The molecule has 2 rings (SSSR count). The Bertz CT molecular complexity index is 616. The van der Waals surface area contributed by atoms with E-state index in [4.69, 9.17) is 0 Å². The molecule has 1 aromatic heterocycles. The minimum atomic E-state index is -0.427. The van der Waals surface area contributed by atoms with E-state index in [-0.39, 0.29) is 11.7 Å². The van der Waals surface area contributed by atoms with Crippen molar-refractivity contribution in [3.05, 3.63) is 59.7 Å². The Hall–Kier alpha value is -2.43. The number of hydrogen-bond acceptors (Lipinski definition) is 3. The molecule has 0 aliphatic carbocycles. The third-order valence-electron chi connectivity index (χ3n) is 3.00. The second-order valence-corrected chi connectivity index (χ2v) is 4.40. The molecular formula is C15H16FN3O. The number of hydrogen-bond donors (Lipinski definition) is 2. The second-order valence-electron chi connectivity index (χ2n) is 4.40. The van der Waals surface area contributed by atoms with Gasteiger partial charge in [0.15, 0.2) is 0 Å². The van der Waals surface area contributed by atoms with Crippen LogP contribution in [0.2, 0.25) is 0 Å². The summed E-state index contributed by atoms with van der Waals surface area (Å²) in [5.74, 6) is -0.671. The van der Waals surface area contributed by atoms with Crippen LogP contribution in [-0.4, -0.2) is 17.9 Å². The maximum atomic E-state index is 13.6. The molecule has 0 fully saturated rings. The Morgan fingerprint density at radius 3 is 2.75 bits per heavy atom. The van der Waals surface area contributed by atoms with Crippen molar-refractivity contribution < 1.29 is 9.18 Å². The van der Waals surface area contributed by atoms with E-state index in [1.807, 2.05) is 0 Å². The van der Waals surface area contributed by atoms with Crippen molar-refractivity contribution in [3.8, 4) is 0 Å². The summed E-state index contributed by atoms with van der Waals surface area (Å²) < 4.78 is 13.6. The van der Waals surface area contributed by atoms with Gasteiger partial charge >= 0.3 is 0 Å². The molecule has 104 valence electrons. The number of nitrogens with one attached hydrogen (secondary N) is 2. The van der Waals surface area contributed by atoms with Crippen molar-refractivity contribution in [3.63, 3.8) is 0 Å². The first kappa shape index (κ1) is 14.0. The number of carbonyl (C=O) groups is 1. The highest BCUT2D eigenvalue weighted by molar-refractivity contribution is 5.93. The van der Waals surface area contributed by atoms with Gasteiger partial charge in [0.25, 0.3) is 5.91 Å². The Kier molecular flexibility index (Phi) is 4.30. The first-order valence-corrected chi connectivity index (χ1v) is 6.31. The molecule has 4 nitrogen and oxygen atoms in total. The van der Waals surface area contributed by atoms with E-state index in [1.165, 1.54) is 6.07 Å². The number of halogens is 1. The molecule has 1 atom stereocenters. The van der Waals surface area contributed by atoms with Gasteiger partial charge in [-0.2, -0.15) is 0 Å². The summed E-state index contributed by atoms with van der Waals surface area (Å²) in [6, 6.07) is 9.35. The molecule has 0 spiro atoms. The molecule has 0 aliphatic heterocycles. The summed E-state index contributed by atoms with van der Waals surface area (Å²) in [4.78, 5) is 16.1. The fraction of sp³-hybridized carbons (Fsp3) is 0.200. The molecule has 0 radical (unpaired) electrons. The first-order valence-electron chi connectivity index (χ1n) is 6.31. The van der Waals surface area contributed by atoms with Gasteiger partial charge in [0, 0.05) is 24.5 Å². The quantitative estimate of drug-likeness (QED) is 0.900. The van der Waals surface area contributed by atoms with Gasteiger partial charge in [-0.25, -0.2) is 4.39 Å². The van der Waals surface area contributed by atoms with E-state index in [9.17, 15) is 9.18 Å². The SMILES string of the molecule is CNc1ccnc(C(=O)NC(C)c2ccccc2F)c1. The van der Waals surface area contributed by atoms with Crippen molar-refractivity contribution in [1.29, 1.82) is 0 Å². The predicted octanol–water partition coefficient (Wildman–Crippen LogP) is 2.75. The molecule has 1 aromatic carbocycles. The van der Waals surface area contributed by atoms with Crippen LogP contribution in [0.4, 0.5) is 10.1 Å². The molecule has 0 saturated heterocycles. The highest BCUT2D eigenvalue weighted by Crippen LogP contribution is 2.16. The molecule has 5 heteroatoms. The van der Waals surface area contributed by atoms with E-state index in [1.54, 1.807) is 50.5 Å². The molecule has 2 aromatic rings. The summed E-state index contributed by atoms with van der Waals surface area (Å²) in [6.07, 6.45) is 1.55. The lowest BCUT2D eigenvalue weighted by molar-refractivity contribution is 0.0934. The summed E-state index contributed by atoms with van der Waals surface area (Å²) in [7, 11) is 1.76. The molecule has 2 N–H and O–H groups in total. The van der Waals surface area contributed by atoms with Crippen molar-refractivity contribution >= 4 is 11.6 Å². The third-order valence-corrected chi connectivity index (χ3v) is 3.00. The molecule has 20 heavy (non-hydrogen) atoms. The number of aromatic nitrogens is 1. The van der Waals surface area contributed by atoms with Crippen LogP contribution >= 0.6 is 0 Å². The summed E-state index contributed by atoms with van der Waals surface area (Å²) in [5, 5.41) is 5.67. The largest absolute Gasteiger partial charge is 0.388 e. The zero-order valence-corrected chi connectivity index (χ0v) is 11.4. The Morgan fingerprint density at radius 2 is 2.05 bits per heavy atom. The molecular weight excluding hydrogens is 257 g/mol. The molecule has 0 saturated carbocycles. The standard InChI is InChI=1S/C15H16FN3O/c1-10(12-5-3-4-6-13(12)16)19-15(20)14-9-11(17-2)7-8-18-14/h3-10H,1-2H3,(H,17,18)(H,19,20). The maximum absolute atomic E-state index is 13.6. The average Bonchev–Trinajstić information content (AvgIpc) is 2.47. The van der Waals surface area contributed by atoms with Crippen LogP contribution in [0, 0.1) is 5.82 Å². The van der Waals surface area contributed by atoms with Crippen LogP contribution in [0.3, 0.4) is 0 Å². The highest BCUT2D eigenvalue weighted by Gasteiger charge is 2.15. The van der Waals surface area contributed by atoms with Crippen molar-refractivity contribution in [2.24, 2.45) is 0 Å². The number of carbonyl (C=O) groups excluding carboxylic acids is 1.